The maximum atomic E-state index is 10.7. The van der Waals surface area contributed by atoms with Crippen LogP contribution in [0.25, 0.3) is 0 Å². The van der Waals surface area contributed by atoms with Crippen LogP contribution in [0.1, 0.15) is 0 Å². The summed E-state index contributed by atoms with van der Waals surface area (Å²) in [6.45, 7) is -0.325. The Balaban J connectivity index is 3.62. The van der Waals surface area contributed by atoms with E-state index in [-0.39, 0.29) is 12.3 Å². The van der Waals surface area contributed by atoms with E-state index < -0.39 is 12.7 Å². The van der Waals surface area contributed by atoms with Crippen molar-refractivity contribution in [2.75, 3.05) is 27.2 Å². The van der Waals surface area contributed by atoms with Crippen LogP contribution in [0.3, 0.4) is 0 Å². The maximum absolute atomic E-state index is 10.7. The number of ketones is 1. The summed E-state index contributed by atoms with van der Waals surface area (Å²) in [6, 6.07) is 0. The standard InChI is InChI=1S/C6H13NO3/c1-7(2)3-5(9)6(10)4-8/h6,8,10H,3-4H2,1-2H3. The molecule has 0 saturated carbocycles. The van der Waals surface area contributed by atoms with Crippen molar-refractivity contribution in [1.29, 1.82) is 0 Å². The number of nitrogens with zero attached hydrogens (tertiary/aromatic N) is 1. The van der Waals surface area contributed by atoms with E-state index in [4.69, 9.17) is 10.2 Å². The molecule has 0 bridgehead atoms. The van der Waals surface area contributed by atoms with E-state index in [9.17, 15) is 4.79 Å². The second-order valence-corrected chi connectivity index (χ2v) is 2.40. The highest BCUT2D eigenvalue weighted by Crippen LogP contribution is 1.85. The van der Waals surface area contributed by atoms with Crippen molar-refractivity contribution < 1.29 is 15.0 Å². The van der Waals surface area contributed by atoms with Crippen molar-refractivity contribution in [3.63, 3.8) is 0 Å². The highest BCUT2D eigenvalue weighted by molar-refractivity contribution is 5.84. The average Bonchev–Trinajstić information content (AvgIpc) is 1.85. The monoisotopic (exact) mass is 147 g/mol. The molecule has 4 nitrogen and oxygen atoms in total. The van der Waals surface area contributed by atoms with E-state index in [1.54, 1.807) is 19.0 Å². The van der Waals surface area contributed by atoms with Crippen LogP contribution < -0.4 is 0 Å². The fourth-order valence-corrected chi connectivity index (χ4v) is 0.519. The Labute approximate surface area is 60.1 Å². The molecule has 0 spiro atoms. The van der Waals surface area contributed by atoms with Gasteiger partial charge in [-0.25, -0.2) is 0 Å². The zero-order chi connectivity index (χ0) is 8.15. The summed E-state index contributed by atoms with van der Waals surface area (Å²) < 4.78 is 0. The van der Waals surface area contributed by atoms with Crippen molar-refractivity contribution in [1.82, 2.24) is 4.90 Å². The molecule has 1 unspecified atom stereocenters. The van der Waals surface area contributed by atoms with Crippen LogP contribution in [0, 0.1) is 0 Å². The highest BCUT2D eigenvalue weighted by Gasteiger charge is 2.13. The molecule has 0 aromatic rings. The van der Waals surface area contributed by atoms with Crippen LogP contribution in [0.15, 0.2) is 0 Å². The first-order valence-electron chi connectivity index (χ1n) is 3.04. The molecule has 1 atom stereocenters. The van der Waals surface area contributed by atoms with Gasteiger partial charge in [-0.3, -0.25) is 4.79 Å². The van der Waals surface area contributed by atoms with E-state index in [0.29, 0.717) is 0 Å². The number of rotatable bonds is 4. The second kappa shape index (κ2) is 4.38. The van der Waals surface area contributed by atoms with Gasteiger partial charge < -0.3 is 15.1 Å². The summed E-state index contributed by atoms with van der Waals surface area (Å²) >= 11 is 0. The van der Waals surface area contributed by atoms with Gasteiger partial charge in [0.25, 0.3) is 0 Å². The predicted octanol–water partition coefficient (Wildman–Crippen LogP) is -1.53. The van der Waals surface area contributed by atoms with Gasteiger partial charge >= 0.3 is 0 Å². The molecular formula is C6H13NO3. The highest BCUT2D eigenvalue weighted by atomic mass is 16.3. The molecule has 0 aliphatic rings. The van der Waals surface area contributed by atoms with Crippen molar-refractivity contribution in [2.45, 2.75) is 6.10 Å². The van der Waals surface area contributed by atoms with Gasteiger partial charge in [-0.15, -0.1) is 0 Å². The van der Waals surface area contributed by atoms with E-state index in [1.165, 1.54) is 0 Å². The lowest BCUT2D eigenvalue weighted by Gasteiger charge is -2.10. The summed E-state index contributed by atoms with van der Waals surface area (Å²) in [7, 11) is 3.45. The summed E-state index contributed by atoms with van der Waals surface area (Å²) in [5, 5.41) is 17.1. The number of carbonyl (C=O) groups excluding carboxylic acids is 1. The Kier molecular flexibility index (Phi) is 4.18. The van der Waals surface area contributed by atoms with Crippen molar-refractivity contribution >= 4 is 5.78 Å². The molecule has 60 valence electrons. The molecule has 0 aliphatic carbocycles. The molecule has 0 rings (SSSR count). The smallest absolute Gasteiger partial charge is 0.177 e. The lowest BCUT2D eigenvalue weighted by Crippen LogP contribution is -2.33. The number of hydrogen-bond acceptors (Lipinski definition) is 4. The van der Waals surface area contributed by atoms with Crippen LogP contribution in [0.4, 0.5) is 0 Å². The molecule has 0 aromatic carbocycles. The molecule has 0 saturated heterocycles. The Bertz CT molecular complexity index is 114. The van der Waals surface area contributed by atoms with Crippen LogP contribution in [0.2, 0.25) is 0 Å². The molecule has 0 aromatic heterocycles. The van der Waals surface area contributed by atoms with Crippen LogP contribution in [-0.2, 0) is 4.79 Å². The minimum Gasteiger partial charge on any atom is -0.393 e. The van der Waals surface area contributed by atoms with E-state index in [2.05, 4.69) is 0 Å². The molecule has 4 heteroatoms. The zero-order valence-electron chi connectivity index (χ0n) is 6.24. The van der Waals surface area contributed by atoms with Crippen molar-refractivity contribution in [2.24, 2.45) is 0 Å². The number of hydrogen-bond donors (Lipinski definition) is 2. The lowest BCUT2D eigenvalue weighted by molar-refractivity contribution is -0.129. The first kappa shape index (κ1) is 9.55. The summed E-state index contributed by atoms with van der Waals surface area (Å²) in [5.41, 5.74) is 0. The minimum atomic E-state index is -1.22. The Morgan fingerprint density at radius 1 is 1.60 bits per heavy atom. The van der Waals surface area contributed by atoms with Crippen LogP contribution >= 0.6 is 0 Å². The van der Waals surface area contributed by atoms with Gasteiger partial charge in [0.15, 0.2) is 5.78 Å². The number of carbonyl (C=O) groups is 1. The maximum Gasteiger partial charge on any atom is 0.177 e. The molecule has 0 aliphatic heterocycles. The fourth-order valence-electron chi connectivity index (χ4n) is 0.519. The lowest BCUT2D eigenvalue weighted by atomic mass is 10.2. The molecule has 2 N–H and O–H groups in total. The van der Waals surface area contributed by atoms with Gasteiger partial charge in [0.1, 0.15) is 6.10 Å². The van der Waals surface area contributed by atoms with E-state index in [1.807, 2.05) is 0 Å². The summed E-state index contributed by atoms with van der Waals surface area (Å²) in [4.78, 5) is 12.4. The van der Waals surface area contributed by atoms with Crippen molar-refractivity contribution in [3.05, 3.63) is 0 Å². The van der Waals surface area contributed by atoms with E-state index in [0.717, 1.165) is 0 Å². The second-order valence-electron chi connectivity index (χ2n) is 2.40. The first-order valence-corrected chi connectivity index (χ1v) is 3.04. The van der Waals surface area contributed by atoms with Crippen LogP contribution in [-0.4, -0.2) is 54.2 Å². The predicted molar refractivity (Wildman–Crippen MR) is 36.7 cm³/mol. The van der Waals surface area contributed by atoms with Gasteiger partial charge in [-0.2, -0.15) is 0 Å². The largest absolute Gasteiger partial charge is 0.393 e. The average molecular weight is 147 g/mol. The topological polar surface area (TPSA) is 60.8 Å². The van der Waals surface area contributed by atoms with Gasteiger partial charge in [0.05, 0.1) is 13.2 Å². The SMILES string of the molecule is CN(C)CC(=O)C(O)CO. The third kappa shape index (κ3) is 3.55. The minimum absolute atomic E-state index is 0.168. The Morgan fingerprint density at radius 2 is 2.10 bits per heavy atom. The van der Waals surface area contributed by atoms with Crippen molar-refractivity contribution in [3.8, 4) is 0 Å². The van der Waals surface area contributed by atoms with E-state index >= 15 is 0 Å². The molecule has 0 radical (unpaired) electrons. The Morgan fingerprint density at radius 3 is 2.40 bits per heavy atom. The third-order valence-corrected chi connectivity index (χ3v) is 1.02. The molecule has 10 heavy (non-hydrogen) atoms. The van der Waals surface area contributed by atoms with Gasteiger partial charge in [0, 0.05) is 0 Å². The van der Waals surface area contributed by atoms with Gasteiger partial charge in [-0.1, -0.05) is 0 Å². The quantitative estimate of drug-likeness (QED) is 0.506. The third-order valence-electron chi connectivity index (χ3n) is 1.02. The molecular weight excluding hydrogens is 134 g/mol. The molecule has 0 amide bonds. The van der Waals surface area contributed by atoms with Gasteiger partial charge in [0.2, 0.25) is 0 Å². The summed E-state index contributed by atoms with van der Waals surface area (Å²) in [5.74, 6) is -0.354. The number of likely N-dealkylation sites (N-methyl/N-ethyl adjacent to an activating group) is 1. The zero-order valence-corrected chi connectivity index (χ0v) is 6.24. The molecule has 0 heterocycles. The summed E-state index contributed by atoms with van der Waals surface area (Å²) in [6.07, 6.45) is -1.22. The number of aliphatic hydroxyl groups is 2. The van der Waals surface area contributed by atoms with Crippen LogP contribution in [0.5, 0.6) is 0 Å². The number of Topliss-reactive ketones (excluding diaryl/α,β-unsaturated/α-hetero) is 1. The molecule has 0 fully saturated rings. The number of aliphatic hydroxyl groups excluding tert-OH is 2. The first-order chi connectivity index (χ1) is 4.57. The Hall–Kier alpha value is -0.450. The van der Waals surface area contributed by atoms with Gasteiger partial charge in [-0.05, 0) is 14.1 Å². The normalized spacial score (nSPS) is 13.7. The fraction of sp³-hybridized carbons (Fsp3) is 0.833.